The normalized spacial score (nSPS) is 10.4. The van der Waals surface area contributed by atoms with Gasteiger partial charge in [0.25, 0.3) is 0 Å². The number of carbonyl (C=O) groups is 1. The molecule has 4 heteroatoms. The van der Waals surface area contributed by atoms with Crippen LogP contribution in [-0.2, 0) is 4.84 Å². The lowest BCUT2D eigenvalue weighted by Gasteiger charge is -2.03. The number of nitrogens with one attached hydrogen (secondary N) is 1. The zero-order valence-electron chi connectivity index (χ0n) is 7.73. The third kappa shape index (κ3) is 1.36. The van der Waals surface area contributed by atoms with E-state index < -0.39 is 0 Å². The van der Waals surface area contributed by atoms with Gasteiger partial charge in [-0.1, -0.05) is 18.2 Å². The van der Waals surface area contributed by atoms with Crippen molar-refractivity contribution in [3.63, 3.8) is 0 Å². The molecular weight excluding hydrogens is 180 g/mol. The standard InChI is InChI=1S/C10H10N2O2/c1-14-11-10(13)12-7-6-8-4-2-3-5-9(8)12/h2-7H,1H3,(H,11,13). The van der Waals surface area contributed by atoms with Gasteiger partial charge in [-0.15, -0.1) is 0 Å². The Labute approximate surface area is 81.0 Å². The molecule has 14 heavy (non-hydrogen) atoms. The number of amides is 1. The van der Waals surface area contributed by atoms with Gasteiger partial charge in [0.15, 0.2) is 0 Å². The Bertz CT molecular complexity index is 462. The summed E-state index contributed by atoms with van der Waals surface area (Å²) in [6.45, 7) is 0. The Morgan fingerprint density at radius 2 is 2.14 bits per heavy atom. The zero-order chi connectivity index (χ0) is 9.97. The SMILES string of the molecule is CONC(=O)n1ccc2ccccc21. The van der Waals surface area contributed by atoms with E-state index in [4.69, 9.17) is 0 Å². The van der Waals surface area contributed by atoms with Crippen LogP contribution in [0.5, 0.6) is 0 Å². The predicted octanol–water partition coefficient (Wildman–Crippen LogP) is 1.76. The van der Waals surface area contributed by atoms with Crippen molar-refractivity contribution in [3.05, 3.63) is 36.5 Å². The van der Waals surface area contributed by atoms with Crippen LogP contribution in [0, 0.1) is 0 Å². The van der Waals surface area contributed by atoms with Gasteiger partial charge in [0.05, 0.1) is 12.6 Å². The Hall–Kier alpha value is -1.81. The quantitative estimate of drug-likeness (QED) is 0.696. The molecule has 1 amide bonds. The highest BCUT2D eigenvalue weighted by Gasteiger charge is 2.06. The summed E-state index contributed by atoms with van der Waals surface area (Å²) in [7, 11) is 1.41. The van der Waals surface area contributed by atoms with Crippen LogP contribution in [0.15, 0.2) is 36.5 Å². The van der Waals surface area contributed by atoms with Gasteiger partial charge in [-0.25, -0.2) is 10.3 Å². The van der Waals surface area contributed by atoms with Crippen LogP contribution in [0.25, 0.3) is 10.9 Å². The smallest absolute Gasteiger partial charge is 0.275 e. The number of benzene rings is 1. The van der Waals surface area contributed by atoms with Crippen molar-refractivity contribution in [1.82, 2.24) is 10.0 Å². The molecule has 0 spiro atoms. The molecule has 0 atom stereocenters. The van der Waals surface area contributed by atoms with E-state index >= 15 is 0 Å². The molecule has 0 saturated carbocycles. The van der Waals surface area contributed by atoms with E-state index in [0.717, 1.165) is 10.9 Å². The first-order valence-corrected chi connectivity index (χ1v) is 4.22. The van der Waals surface area contributed by atoms with Gasteiger partial charge < -0.3 is 0 Å². The predicted molar refractivity (Wildman–Crippen MR) is 52.9 cm³/mol. The number of fused-ring (bicyclic) bond motifs is 1. The number of para-hydroxylation sites is 1. The molecule has 0 fully saturated rings. The number of hydrogen-bond acceptors (Lipinski definition) is 2. The molecule has 72 valence electrons. The summed E-state index contributed by atoms with van der Waals surface area (Å²) in [4.78, 5) is 16.0. The van der Waals surface area contributed by atoms with E-state index in [1.54, 1.807) is 6.20 Å². The maximum absolute atomic E-state index is 11.4. The van der Waals surface area contributed by atoms with Crippen LogP contribution in [0.1, 0.15) is 0 Å². The van der Waals surface area contributed by atoms with Crippen molar-refractivity contribution in [2.75, 3.05) is 7.11 Å². The zero-order valence-corrected chi connectivity index (χ0v) is 7.73. The number of aromatic nitrogens is 1. The van der Waals surface area contributed by atoms with E-state index in [-0.39, 0.29) is 6.03 Å². The third-order valence-corrected chi connectivity index (χ3v) is 2.01. The first kappa shape index (κ1) is 8.77. The number of carbonyl (C=O) groups excluding carboxylic acids is 1. The molecule has 0 aliphatic heterocycles. The molecular formula is C10H10N2O2. The summed E-state index contributed by atoms with van der Waals surface area (Å²) >= 11 is 0. The molecule has 0 aliphatic carbocycles. The van der Waals surface area contributed by atoms with Crippen LogP contribution >= 0.6 is 0 Å². The topological polar surface area (TPSA) is 43.3 Å². The van der Waals surface area contributed by atoms with Gasteiger partial charge in [-0.3, -0.25) is 9.40 Å². The fourth-order valence-electron chi connectivity index (χ4n) is 1.40. The van der Waals surface area contributed by atoms with Crippen LogP contribution in [0.3, 0.4) is 0 Å². The Balaban J connectivity index is 2.47. The van der Waals surface area contributed by atoms with Crippen molar-refractivity contribution in [3.8, 4) is 0 Å². The van der Waals surface area contributed by atoms with Gasteiger partial charge in [0, 0.05) is 11.6 Å². The molecule has 1 aromatic carbocycles. The second-order valence-electron chi connectivity index (χ2n) is 2.86. The summed E-state index contributed by atoms with van der Waals surface area (Å²) < 4.78 is 1.50. The van der Waals surface area contributed by atoms with Gasteiger partial charge in [-0.2, -0.15) is 0 Å². The Morgan fingerprint density at radius 1 is 1.36 bits per heavy atom. The lowest BCUT2D eigenvalue weighted by atomic mass is 10.2. The van der Waals surface area contributed by atoms with E-state index in [1.165, 1.54) is 11.7 Å². The summed E-state index contributed by atoms with van der Waals surface area (Å²) in [6.07, 6.45) is 1.71. The second kappa shape index (κ2) is 3.51. The fourth-order valence-corrected chi connectivity index (χ4v) is 1.40. The maximum Gasteiger partial charge on any atom is 0.349 e. The van der Waals surface area contributed by atoms with Crippen molar-refractivity contribution in [1.29, 1.82) is 0 Å². The largest absolute Gasteiger partial charge is 0.349 e. The van der Waals surface area contributed by atoms with Crippen LogP contribution < -0.4 is 5.48 Å². The molecule has 0 radical (unpaired) electrons. The minimum absolute atomic E-state index is 0.297. The van der Waals surface area contributed by atoms with E-state index in [1.807, 2.05) is 30.3 Å². The van der Waals surface area contributed by atoms with Crippen molar-refractivity contribution < 1.29 is 9.63 Å². The van der Waals surface area contributed by atoms with Crippen molar-refractivity contribution in [2.24, 2.45) is 0 Å². The fraction of sp³-hybridized carbons (Fsp3) is 0.100. The van der Waals surface area contributed by atoms with Gasteiger partial charge in [0.1, 0.15) is 0 Å². The lowest BCUT2D eigenvalue weighted by molar-refractivity contribution is 0.109. The monoisotopic (exact) mass is 190 g/mol. The number of hydroxylamine groups is 1. The number of nitrogens with zero attached hydrogens (tertiary/aromatic N) is 1. The maximum atomic E-state index is 11.4. The first-order valence-electron chi connectivity index (χ1n) is 4.22. The van der Waals surface area contributed by atoms with E-state index in [9.17, 15) is 4.79 Å². The minimum atomic E-state index is -0.297. The van der Waals surface area contributed by atoms with Gasteiger partial charge >= 0.3 is 6.03 Å². The highest BCUT2D eigenvalue weighted by atomic mass is 16.6. The van der Waals surface area contributed by atoms with Crippen molar-refractivity contribution >= 4 is 16.9 Å². The van der Waals surface area contributed by atoms with Crippen LogP contribution in [0.4, 0.5) is 4.79 Å². The lowest BCUT2D eigenvalue weighted by Crippen LogP contribution is -2.26. The molecule has 2 rings (SSSR count). The Morgan fingerprint density at radius 3 is 2.93 bits per heavy atom. The van der Waals surface area contributed by atoms with Crippen LogP contribution in [0.2, 0.25) is 0 Å². The van der Waals surface area contributed by atoms with Gasteiger partial charge in [0.2, 0.25) is 0 Å². The minimum Gasteiger partial charge on any atom is -0.275 e. The molecule has 4 nitrogen and oxygen atoms in total. The van der Waals surface area contributed by atoms with Crippen LogP contribution in [-0.4, -0.2) is 17.7 Å². The highest BCUT2D eigenvalue weighted by Crippen LogP contribution is 2.14. The molecule has 0 saturated heterocycles. The number of hydrogen-bond donors (Lipinski definition) is 1. The molecule has 2 aromatic rings. The molecule has 1 heterocycles. The van der Waals surface area contributed by atoms with Gasteiger partial charge in [-0.05, 0) is 12.1 Å². The molecule has 0 aliphatic rings. The summed E-state index contributed by atoms with van der Waals surface area (Å²) in [6, 6.07) is 9.23. The number of rotatable bonds is 1. The van der Waals surface area contributed by atoms with E-state index in [0.29, 0.717) is 0 Å². The van der Waals surface area contributed by atoms with Crippen molar-refractivity contribution in [2.45, 2.75) is 0 Å². The molecule has 1 aromatic heterocycles. The summed E-state index contributed by atoms with van der Waals surface area (Å²) in [5, 5.41) is 1.03. The summed E-state index contributed by atoms with van der Waals surface area (Å²) in [5.74, 6) is 0. The second-order valence-corrected chi connectivity index (χ2v) is 2.86. The molecule has 1 N–H and O–H groups in total. The highest BCUT2D eigenvalue weighted by molar-refractivity contribution is 5.91. The average molecular weight is 190 g/mol. The first-order chi connectivity index (χ1) is 6.83. The molecule has 0 unspecified atom stereocenters. The third-order valence-electron chi connectivity index (χ3n) is 2.01. The average Bonchev–Trinajstić information content (AvgIpc) is 2.61. The molecule has 0 bridgehead atoms. The summed E-state index contributed by atoms with van der Waals surface area (Å²) in [5.41, 5.74) is 3.13. The van der Waals surface area contributed by atoms with E-state index in [2.05, 4.69) is 10.3 Å². The Kier molecular flexibility index (Phi) is 2.20.